The predicted molar refractivity (Wildman–Crippen MR) is 93.3 cm³/mol. The average Bonchev–Trinajstić information content (AvgIpc) is 3.14. The van der Waals surface area contributed by atoms with Gasteiger partial charge in [-0.2, -0.15) is 0 Å². The van der Waals surface area contributed by atoms with E-state index in [1.165, 1.54) is 11.1 Å². The number of hydrogen-bond donors (Lipinski definition) is 0. The van der Waals surface area contributed by atoms with E-state index in [1.54, 1.807) is 12.1 Å². The van der Waals surface area contributed by atoms with Crippen molar-refractivity contribution in [3.63, 3.8) is 0 Å². The Balaban J connectivity index is 1.34. The highest BCUT2D eigenvalue weighted by Crippen LogP contribution is 2.38. The molecule has 0 amide bonds. The summed E-state index contributed by atoms with van der Waals surface area (Å²) in [5.74, 6) is 0.823. The molecule has 2 aromatic rings. The molecule has 4 rings (SSSR count). The quantitative estimate of drug-likeness (QED) is 0.801. The molecule has 24 heavy (non-hydrogen) atoms. The van der Waals surface area contributed by atoms with Gasteiger partial charge in [0, 0.05) is 13.1 Å². The van der Waals surface area contributed by atoms with E-state index in [-0.39, 0.29) is 5.97 Å². The van der Waals surface area contributed by atoms with Crippen LogP contribution in [-0.2, 0) is 11.3 Å². The second-order valence-corrected chi connectivity index (χ2v) is 6.71. The Kier molecular flexibility index (Phi) is 4.18. The Morgan fingerprint density at radius 2 is 1.71 bits per heavy atom. The van der Waals surface area contributed by atoms with Gasteiger partial charge in [0.15, 0.2) is 0 Å². The molecule has 1 heterocycles. The van der Waals surface area contributed by atoms with Crippen molar-refractivity contribution in [2.24, 2.45) is 11.8 Å². The summed E-state index contributed by atoms with van der Waals surface area (Å²) >= 11 is 0. The van der Waals surface area contributed by atoms with Crippen LogP contribution in [0.5, 0.6) is 0 Å². The highest BCUT2D eigenvalue weighted by Gasteiger charge is 2.37. The highest BCUT2D eigenvalue weighted by molar-refractivity contribution is 5.89. The summed E-state index contributed by atoms with van der Waals surface area (Å²) < 4.78 is 0. The maximum Gasteiger partial charge on any atom is 0.357 e. The smallest absolute Gasteiger partial charge is 0.357 e. The van der Waals surface area contributed by atoms with Gasteiger partial charge in [0.25, 0.3) is 0 Å². The van der Waals surface area contributed by atoms with Gasteiger partial charge in [-0.25, -0.2) is 4.79 Å². The van der Waals surface area contributed by atoms with Crippen molar-refractivity contribution in [3.05, 3.63) is 83.4 Å². The van der Waals surface area contributed by atoms with Crippen LogP contribution in [0.3, 0.4) is 0 Å². The minimum atomic E-state index is -0.260. The van der Waals surface area contributed by atoms with Crippen LogP contribution in [0.1, 0.15) is 22.3 Å². The Morgan fingerprint density at radius 3 is 2.42 bits per heavy atom. The summed E-state index contributed by atoms with van der Waals surface area (Å²) in [7, 11) is 0. The van der Waals surface area contributed by atoms with Gasteiger partial charge in [-0.15, -0.1) is 5.06 Å². The fourth-order valence-electron chi connectivity index (χ4n) is 3.78. The number of benzene rings is 2. The van der Waals surface area contributed by atoms with Gasteiger partial charge in [0.2, 0.25) is 0 Å². The first kappa shape index (κ1) is 15.2. The second-order valence-electron chi connectivity index (χ2n) is 6.71. The molecule has 3 nitrogen and oxygen atoms in total. The zero-order chi connectivity index (χ0) is 16.4. The third-order valence-electron chi connectivity index (χ3n) is 4.93. The van der Waals surface area contributed by atoms with Crippen LogP contribution in [0, 0.1) is 11.8 Å². The molecule has 1 aliphatic carbocycles. The van der Waals surface area contributed by atoms with E-state index < -0.39 is 0 Å². The van der Waals surface area contributed by atoms with Crippen molar-refractivity contribution >= 4 is 5.97 Å². The molecule has 2 aliphatic rings. The van der Waals surface area contributed by atoms with Crippen LogP contribution in [0.4, 0.5) is 0 Å². The Labute approximate surface area is 142 Å². The molecule has 0 unspecified atom stereocenters. The molecule has 0 spiro atoms. The van der Waals surface area contributed by atoms with Gasteiger partial charge < -0.3 is 4.84 Å². The molecule has 0 bridgehead atoms. The van der Waals surface area contributed by atoms with E-state index in [0.29, 0.717) is 17.4 Å². The zero-order valence-corrected chi connectivity index (χ0v) is 13.6. The molecule has 122 valence electrons. The molecule has 0 aromatic heterocycles. The summed E-state index contributed by atoms with van der Waals surface area (Å²) in [4.78, 5) is 17.7. The van der Waals surface area contributed by atoms with E-state index in [9.17, 15) is 4.79 Å². The third-order valence-corrected chi connectivity index (χ3v) is 4.93. The van der Waals surface area contributed by atoms with Gasteiger partial charge in [0.05, 0.1) is 5.56 Å². The molecule has 2 aromatic carbocycles. The topological polar surface area (TPSA) is 29.5 Å². The molecule has 2 atom stereocenters. The lowest BCUT2D eigenvalue weighted by molar-refractivity contribution is -0.0964. The summed E-state index contributed by atoms with van der Waals surface area (Å²) in [6.45, 7) is 1.64. The number of hydroxylamine groups is 2. The van der Waals surface area contributed by atoms with Crippen molar-refractivity contribution in [3.8, 4) is 0 Å². The summed E-state index contributed by atoms with van der Waals surface area (Å²) in [5, 5.41) is 1.83. The Morgan fingerprint density at radius 1 is 1.00 bits per heavy atom. The molecular weight excluding hydrogens is 298 g/mol. The summed E-state index contributed by atoms with van der Waals surface area (Å²) in [6.07, 6.45) is 4.55. The van der Waals surface area contributed by atoms with Crippen molar-refractivity contribution in [2.45, 2.75) is 12.8 Å². The van der Waals surface area contributed by atoms with Crippen LogP contribution < -0.4 is 0 Å². The van der Waals surface area contributed by atoms with Crippen molar-refractivity contribution in [2.75, 3.05) is 13.1 Å². The fourth-order valence-corrected chi connectivity index (χ4v) is 3.78. The number of rotatable bonds is 4. The molecule has 1 aliphatic heterocycles. The lowest BCUT2D eigenvalue weighted by Crippen LogP contribution is -2.26. The lowest BCUT2D eigenvalue weighted by atomic mass is 9.98. The monoisotopic (exact) mass is 319 g/mol. The molecule has 1 fully saturated rings. The van der Waals surface area contributed by atoms with Crippen molar-refractivity contribution < 1.29 is 9.63 Å². The average molecular weight is 319 g/mol. The largest absolute Gasteiger partial charge is 0.364 e. The first-order valence-electron chi connectivity index (χ1n) is 8.54. The third kappa shape index (κ3) is 3.26. The number of carbonyl (C=O) groups excluding carboxylic acids is 1. The molecule has 0 N–H and O–H groups in total. The van der Waals surface area contributed by atoms with Gasteiger partial charge >= 0.3 is 5.97 Å². The zero-order valence-electron chi connectivity index (χ0n) is 13.6. The SMILES string of the molecule is O=C(ON1C[C@H]2CC(Cc3ccccc3)=C[C@H]2C1)c1ccccc1. The van der Waals surface area contributed by atoms with Gasteiger partial charge in [-0.1, -0.05) is 60.2 Å². The first-order valence-corrected chi connectivity index (χ1v) is 8.54. The molecular formula is C21H21NO2. The van der Waals surface area contributed by atoms with Crippen LogP contribution in [-0.4, -0.2) is 24.1 Å². The number of fused-ring (bicyclic) bond motifs is 1. The van der Waals surface area contributed by atoms with Gasteiger partial charge in [-0.05, 0) is 42.4 Å². The first-order chi connectivity index (χ1) is 11.8. The van der Waals surface area contributed by atoms with Gasteiger partial charge in [0.1, 0.15) is 0 Å². The number of hydrogen-bond acceptors (Lipinski definition) is 3. The molecule has 0 radical (unpaired) electrons. The molecule has 1 saturated heterocycles. The standard InChI is InChI=1S/C21H21NO2/c23-21(18-9-5-2-6-10-18)24-22-14-19-12-17(13-20(19)15-22)11-16-7-3-1-4-8-16/h1-10,12,19-20H,11,13-15H2/t19-,20+/m0/s1. The Bertz CT molecular complexity index is 739. The summed E-state index contributed by atoms with van der Waals surface area (Å²) in [6, 6.07) is 19.8. The van der Waals surface area contributed by atoms with Crippen molar-refractivity contribution in [1.82, 2.24) is 5.06 Å². The number of nitrogens with zero attached hydrogens (tertiary/aromatic N) is 1. The minimum absolute atomic E-state index is 0.260. The van der Waals surface area contributed by atoms with Crippen LogP contribution in [0.2, 0.25) is 0 Å². The van der Waals surface area contributed by atoms with Crippen molar-refractivity contribution in [1.29, 1.82) is 0 Å². The fraction of sp³-hybridized carbons (Fsp3) is 0.286. The van der Waals surface area contributed by atoms with E-state index in [1.807, 2.05) is 23.3 Å². The minimum Gasteiger partial charge on any atom is -0.364 e. The highest BCUT2D eigenvalue weighted by atomic mass is 16.7. The van der Waals surface area contributed by atoms with E-state index >= 15 is 0 Å². The maximum absolute atomic E-state index is 12.1. The van der Waals surface area contributed by atoms with Gasteiger partial charge in [-0.3, -0.25) is 0 Å². The van der Waals surface area contributed by atoms with Crippen LogP contribution >= 0.6 is 0 Å². The lowest BCUT2D eigenvalue weighted by Gasteiger charge is -2.16. The van der Waals surface area contributed by atoms with Crippen LogP contribution in [0.15, 0.2) is 72.3 Å². The van der Waals surface area contributed by atoms with E-state index in [4.69, 9.17) is 4.84 Å². The summed E-state index contributed by atoms with van der Waals surface area (Å²) in [5.41, 5.74) is 3.50. The second kappa shape index (κ2) is 6.62. The van der Waals surface area contributed by atoms with E-state index in [2.05, 4.69) is 36.4 Å². The Hall–Kier alpha value is -2.39. The van der Waals surface area contributed by atoms with E-state index in [0.717, 1.165) is 25.9 Å². The maximum atomic E-state index is 12.1. The normalized spacial score (nSPS) is 22.9. The predicted octanol–water partition coefficient (Wildman–Crippen LogP) is 3.88. The molecule has 3 heteroatoms. The number of allylic oxidation sites excluding steroid dienone is 1. The number of carbonyl (C=O) groups is 1. The molecule has 0 saturated carbocycles. The van der Waals surface area contributed by atoms with Crippen LogP contribution in [0.25, 0.3) is 0 Å².